The number of aryl methyl sites for hydroxylation is 1. The van der Waals surface area contributed by atoms with Crippen LogP contribution in [-0.2, 0) is 10.2 Å². The fourth-order valence-electron chi connectivity index (χ4n) is 0.861. The summed E-state index contributed by atoms with van der Waals surface area (Å²) in [4.78, 5) is 22.3. The molecule has 0 spiro atoms. The largest absolute Gasteiger partial charge is 0.467 e. The Balaban J connectivity index is 2.81. The summed E-state index contributed by atoms with van der Waals surface area (Å²) in [6, 6.07) is -1.09. The average Bonchev–Trinajstić information content (AvgIpc) is 2.13. The lowest BCUT2D eigenvalue weighted by Crippen LogP contribution is -2.39. The van der Waals surface area contributed by atoms with Crippen LogP contribution in [0.25, 0.3) is 0 Å². The first kappa shape index (κ1) is 13.1. The number of amides is 2. The van der Waals surface area contributed by atoms with Gasteiger partial charge in [0, 0.05) is 0 Å². The van der Waals surface area contributed by atoms with Crippen molar-refractivity contribution < 1.29 is 17.9 Å². The summed E-state index contributed by atoms with van der Waals surface area (Å²) in [6.45, 7) is 1.55. The molecular weight excluding hydrogens is 252 g/mol. The molecule has 0 aliphatic carbocycles. The maximum absolute atomic E-state index is 11.1. The molecule has 1 aromatic rings. The van der Waals surface area contributed by atoms with Crippen LogP contribution in [0.1, 0.15) is 5.82 Å². The van der Waals surface area contributed by atoms with Crippen molar-refractivity contribution >= 4 is 22.2 Å². The van der Waals surface area contributed by atoms with Gasteiger partial charge < -0.3 is 4.74 Å². The number of anilines is 1. The van der Waals surface area contributed by atoms with Crippen LogP contribution in [0.4, 0.5) is 10.7 Å². The molecule has 4 N–H and O–H groups in total. The van der Waals surface area contributed by atoms with Crippen molar-refractivity contribution in [3.63, 3.8) is 0 Å². The number of carbonyl (C=O) groups is 1. The minimum Gasteiger partial charge on any atom is -0.467 e. The molecule has 2 amide bonds. The maximum atomic E-state index is 11.1. The molecule has 0 atom stereocenters. The van der Waals surface area contributed by atoms with E-state index >= 15 is 0 Å². The van der Waals surface area contributed by atoms with E-state index in [-0.39, 0.29) is 12.0 Å². The van der Waals surface area contributed by atoms with Crippen LogP contribution in [0.3, 0.4) is 0 Å². The van der Waals surface area contributed by atoms with E-state index in [1.807, 2.05) is 0 Å². The predicted molar refractivity (Wildman–Crippen MR) is 56.4 cm³/mol. The Bertz CT molecular complexity index is 529. The van der Waals surface area contributed by atoms with Gasteiger partial charge in [-0.05, 0) is 6.92 Å². The van der Waals surface area contributed by atoms with E-state index in [1.54, 1.807) is 6.92 Å². The number of urea groups is 1. The van der Waals surface area contributed by atoms with Crippen LogP contribution in [-0.4, -0.2) is 36.5 Å². The highest BCUT2D eigenvalue weighted by Gasteiger charge is 2.11. The lowest BCUT2D eigenvalue weighted by molar-refractivity contribution is 0.256. The van der Waals surface area contributed by atoms with E-state index in [1.165, 1.54) is 11.8 Å². The Labute approximate surface area is 96.8 Å². The normalized spacial score (nSPS) is 10.8. The van der Waals surface area contributed by atoms with Crippen LogP contribution in [0.15, 0.2) is 0 Å². The maximum Gasteiger partial charge on any atom is 0.336 e. The van der Waals surface area contributed by atoms with E-state index in [4.69, 9.17) is 4.74 Å². The van der Waals surface area contributed by atoms with E-state index in [0.717, 1.165) is 0 Å². The average molecular weight is 262 g/mol. The van der Waals surface area contributed by atoms with E-state index in [9.17, 15) is 13.2 Å². The highest BCUT2D eigenvalue weighted by Crippen LogP contribution is 2.05. The molecule has 17 heavy (non-hydrogen) atoms. The minimum absolute atomic E-state index is 0.0107. The monoisotopic (exact) mass is 262 g/mol. The molecule has 0 bridgehead atoms. The van der Waals surface area contributed by atoms with Crippen molar-refractivity contribution in [2.75, 3.05) is 12.4 Å². The summed E-state index contributed by atoms with van der Waals surface area (Å²) in [5.41, 5.74) is 0. The molecule has 0 aliphatic rings. The number of carbonyl (C=O) groups excluding carboxylic acids is 1. The van der Waals surface area contributed by atoms with Gasteiger partial charge in [-0.15, -0.1) is 0 Å². The summed E-state index contributed by atoms with van der Waals surface area (Å²) in [5.74, 6) is 0.137. The van der Waals surface area contributed by atoms with Gasteiger partial charge in [-0.2, -0.15) is 23.4 Å². The number of nitrogens with two attached hydrogens (primary N) is 1. The van der Waals surface area contributed by atoms with Gasteiger partial charge >= 0.3 is 12.0 Å². The number of hydrogen-bond donors (Lipinski definition) is 3. The van der Waals surface area contributed by atoms with Crippen molar-refractivity contribution in [2.45, 2.75) is 6.92 Å². The molecule has 0 fully saturated rings. The third-order valence-corrected chi connectivity index (χ3v) is 1.84. The van der Waals surface area contributed by atoms with Gasteiger partial charge in [0.25, 0.3) is 10.2 Å². The molecule has 1 aromatic heterocycles. The Kier molecular flexibility index (Phi) is 3.75. The smallest absolute Gasteiger partial charge is 0.336 e. The summed E-state index contributed by atoms with van der Waals surface area (Å²) >= 11 is 0. The quantitative estimate of drug-likeness (QED) is 0.600. The third-order valence-electron chi connectivity index (χ3n) is 1.37. The summed E-state index contributed by atoms with van der Waals surface area (Å²) in [5, 5.41) is 6.66. The molecule has 1 heterocycles. The highest BCUT2D eigenvalue weighted by molar-refractivity contribution is 7.87. The molecule has 0 aliphatic heterocycles. The van der Waals surface area contributed by atoms with E-state index in [0.29, 0.717) is 5.82 Å². The van der Waals surface area contributed by atoms with Crippen molar-refractivity contribution in [3.8, 4) is 6.01 Å². The van der Waals surface area contributed by atoms with Gasteiger partial charge in [0.05, 0.1) is 7.11 Å². The summed E-state index contributed by atoms with van der Waals surface area (Å²) in [7, 11) is -2.80. The molecule has 10 nitrogen and oxygen atoms in total. The van der Waals surface area contributed by atoms with Crippen molar-refractivity contribution in [1.29, 1.82) is 0 Å². The molecule has 0 aromatic carbocycles. The lowest BCUT2D eigenvalue weighted by Gasteiger charge is -2.05. The molecule has 1 rings (SSSR count). The second kappa shape index (κ2) is 4.88. The zero-order chi connectivity index (χ0) is 13.1. The third kappa shape index (κ3) is 4.56. The van der Waals surface area contributed by atoms with Crippen LogP contribution in [0, 0.1) is 6.92 Å². The summed E-state index contributed by atoms with van der Waals surface area (Å²) < 4.78 is 27.3. The zero-order valence-corrected chi connectivity index (χ0v) is 9.78. The SMILES string of the molecule is COc1nc(C)nc(NC(=O)NS(N)(=O)=O)n1. The molecule has 11 heteroatoms. The van der Waals surface area contributed by atoms with Crippen LogP contribution >= 0.6 is 0 Å². The van der Waals surface area contributed by atoms with Crippen molar-refractivity contribution in [3.05, 3.63) is 5.82 Å². The predicted octanol–water partition coefficient (Wildman–Crippen LogP) is -1.49. The van der Waals surface area contributed by atoms with E-state index in [2.05, 4.69) is 25.4 Å². The first-order valence-corrected chi connectivity index (χ1v) is 5.73. The Morgan fingerprint density at radius 2 is 2.00 bits per heavy atom. The molecule has 0 radical (unpaired) electrons. The number of hydrogen-bond acceptors (Lipinski definition) is 7. The Hall–Kier alpha value is -2.01. The Morgan fingerprint density at radius 1 is 1.35 bits per heavy atom. The fourth-order valence-corrected chi connectivity index (χ4v) is 1.17. The van der Waals surface area contributed by atoms with Gasteiger partial charge in [0.1, 0.15) is 5.82 Å². The fraction of sp³-hybridized carbons (Fsp3) is 0.333. The number of methoxy groups -OCH3 is 1. The van der Waals surface area contributed by atoms with Gasteiger partial charge in [0.15, 0.2) is 0 Å². The molecular formula is C6H10N6O4S. The van der Waals surface area contributed by atoms with Crippen LogP contribution in [0.2, 0.25) is 0 Å². The lowest BCUT2D eigenvalue weighted by atomic mass is 10.7. The highest BCUT2D eigenvalue weighted by atomic mass is 32.2. The molecule has 0 unspecified atom stereocenters. The van der Waals surface area contributed by atoms with Crippen molar-refractivity contribution in [1.82, 2.24) is 19.7 Å². The molecule has 94 valence electrons. The Morgan fingerprint density at radius 3 is 2.53 bits per heavy atom. The van der Waals surface area contributed by atoms with Crippen LogP contribution < -0.4 is 19.9 Å². The number of aromatic nitrogens is 3. The van der Waals surface area contributed by atoms with Crippen molar-refractivity contribution in [2.24, 2.45) is 5.14 Å². The summed E-state index contributed by atoms with van der Waals surface area (Å²) in [6.07, 6.45) is 0. The molecule has 0 saturated heterocycles. The minimum atomic E-state index is -4.13. The standard InChI is InChI=1S/C6H10N6O4S/c1-3-8-4(11-6(9-3)16-2)10-5(13)12-17(7,14)15/h1-2H3,(H2,7,14,15)(H2,8,9,10,11,12,13). The number of rotatable bonds is 3. The van der Waals surface area contributed by atoms with E-state index < -0.39 is 16.2 Å². The van der Waals surface area contributed by atoms with Gasteiger partial charge in [-0.3, -0.25) is 5.32 Å². The van der Waals surface area contributed by atoms with Gasteiger partial charge in [-0.25, -0.2) is 14.7 Å². The first-order chi connectivity index (χ1) is 7.80. The first-order valence-electron chi connectivity index (χ1n) is 4.18. The van der Waals surface area contributed by atoms with Crippen LogP contribution in [0.5, 0.6) is 6.01 Å². The second-order valence-electron chi connectivity index (χ2n) is 2.79. The number of nitrogens with one attached hydrogen (secondary N) is 2. The number of nitrogens with zero attached hydrogens (tertiary/aromatic N) is 3. The zero-order valence-electron chi connectivity index (χ0n) is 8.96. The second-order valence-corrected chi connectivity index (χ2v) is 4.09. The topological polar surface area (TPSA) is 149 Å². The molecule has 0 saturated carbocycles. The van der Waals surface area contributed by atoms with Gasteiger partial charge in [0.2, 0.25) is 5.95 Å². The van der Waals surface area contributed by atoms with Gasteiger partial charge in [-0.1, -0.05) is 0 Å². The number of ether oxygens (including phenoxy) is 1.